The second-order valence-electron chi connectivity index (χ2n) is 6.69. The highest BCUT2D eigenvalue weighted by Gasteiger charge is 2.59. The van der Waals surface area contributed by atoms with E-state index in [0.717, 1.165) is 42.3 Å². The van der Waals surface area contributed by atoms with E-state index in [1.165, 1.54) is 0 Å². The summed E-state index contributed by atoms with van der Waals surface area (Å²) in [5, 5.41) is 7.68. The van der Waals surface area contributed by atoms with Crippen molar-refractivity contribution in [3.63, 3.8) is 0 Å². The van der Waals surface area contributed by atoms with Crippen molar-refractivity contribution in [2.45, 2.75) is 31.8 Å². The fourth-order valence-corrected chi connectivity index (χ4v) is 3.68. The Morgan fingerprint density at radius 2 is 2.32 bits per heavy atom. The van der Waals surface area contributed by atoms with Crippen LogP contribution in [-0.4, -0.2) is 25.2 Å². The number of aryl methyl sites for hydroxylation is 1. The van der Waals surface area contributed by atoms with E-state index in [2.05, 4.69) is 46.5 Å². The summed E-state index contributed by atoms with van der Waals surface area (Å²) in [7, 11) is 0. The van der Waals surface area contributed by atoms with Gasteiger partial charge < -0.3 is 9.88 Å². The SMILES string of the molecule is CCn1cc(-c2cnc3n2C=CC2CC32N=C2CC=CC=CN2)cn1. The number of aliphatic imine (C=N–C) groups is 1. The molecule has 4 heterocycles. The van der Waals surface area contributed by atoms with Crippen LogP contribution in [0.5, 0.6) is 0 Å². The molecule has 5 rings (SSSR count). The molecule has 0 spiro atoms. The van der Waals surface area contributed by atoms with Crippen molar-refractivity contribution < 1.29 is 0 Å². The predicted molar refractivity (Wildman–Crippen MR) is 97.7 cm³/mol. The van der Waals surface area contributed by atoms with Crippen LogP contribution in [0.1, 0.15) is 25.6 Å². The molecule has 126 valence electrons. The molecule has 2 unspecified atom stereocenters. The number of aromatic nitrogens is 4. The first kappa shape index (κ1) is 14.5. The molecule has 2 atom stereocenters. The predicted octanol–water partition coefficient (Wildman–Crippen LogP) is 2.93. The van der Waals surface area contributed by atoms with Gasteiger partial charge in [-0.15, -0.1) is 0 Å². The fraction of sp³-hybridized carbons (Fsp3) is 0.316. The molecule has 1 N–H and O–H groups in total. The average molecular weight is 332 g/mol. The topological polar surface area (TPSA) is 60.0 Å². The van der Waals surface area contributed by atoms with E-state index in [1.54, 1.807) is 0 Å². The van der Waals surface area contributed by atoms with Crippen LogP contribution in [0.4, 0.5) is 0 Å². The Balaban J connectivity index is 1.55. The molecule has 6 heteroatoms. The van der Waals surface area contributed by atoms with Crippen LogP contribution in [0.25, 0.3) is 17.5 Å². The van der Waals surface area contributed by atoms with Crippen molar-refractivity contribution in [2.24, 2.45) is 10.9 Å². The van der Waals surface area contributed by atoms with E-state index in [0.29, 0.717) is 5.92 Å². The number of fused-ring (bicyclic) bond motifs is 3. The van der Waals surface area contributed by atoms with Gasteiger partial charge in [-0.3, -0.25) is 9.67 Å². The summed E-state index contributed by atoms with van der Waals surface area (Å²) >= 11 is 0. The minimum Gasteiger partial charge on any atom is -0.350 e. The molecule has 2 aliphatic heterocycles. The first-order valence-electron chi connectivity index (χ1n) is 8.76. The van der Waals surface area contributed by atoms with Gasteiger partial charge in [-0.05, 0) is 19.4 Å². The van der Waals surface area contributed by atoms with E-state index in [1.807, 2.05) is 35.4 Å². The number of amidine groups is 1. The molecule has 25 heavy (non-hydrogen) atoms. The fourth-order valence-electron chi connectivity index (χ4n) is 3.68. The number of hydrogen-bond donors (Lipinski definition) is 1. The second-order valence-corrected chi connectivity index (χ2v) is 6.69. The monoisotopic (exact) mass is 332 g/mol. The van der Waals surface area contributed by atoms with Gasteiger partial charge >= 0.3 is 0 Å². The summed E-state index contributed by atoms with van der Waals surface area (Å²) in [6, 6.07) is 0. The van der Waals surface area contributed by atoms with E-state index >= 15 is 0 Å². The number of nitrogens with one attached hydrogen (secondary N) is 1. The third-order valence-corrected chi connectivity index (χ3v) is 5.13. The molecule has 0 radical (unpaired) electrons. The zero-order chi connectivity index (χ0) is 16.9. The van der Waals surface area contributed by atoms with Crippen molar-refractivity contribution in [3.05, 3.63) is 54.9 Å². The van der Waals surface area contributed by atoms with Gasteiger partial charge in [0.15, 0.2) is 0 Å². The highest BCUT2D eigenvalue weighted by atomic mass is 15.3. The van der Waals surface area contributed by atoms with Gasteiger partial charge in [0.1, 0.15) is 17.2 Å². The number of rotatable bonds is 3. The standard InChI is InChI=1S/C19H20N6/c1-2-24-13-14(11-22-24)16-12-21-18-19(10-15(19)7-9-25(16)18)23-17-6-4-3-5-8-20-17/h3-5,7-9,11-13,15H,2,6,10H2,1H3,(H,20,23). The van der Waals surface area contributed by atoms with Crippen LogP contribution in [0.15, 0.2) is 54.1 Å². The summed E-state index contributed by atoms with van der Waals surface area (Å²) in [6.45, 7) is 2.95. The first-order chi connectivity index (χ1) is 12.3. The van der Waals surface area contributed by atoms with Crippen LogP contribution in [0.2, 0.25) is 0 Å². The Bertz CT molecular complexity index is 925. The van der Waals surface area contributed by atoms with Crippen LogP contribution in [0.3, 0.4) is 0 Å². The van der Waals surface area contributed by atoms with Crippen molar-refractivity contribution in [2.75, 3.05) is 0 Å². The molecule has 0 saturated heterocycles. The molecule has 1 saturated carbocycles. The number of hydrogen-bond acceptors (Lipinski definition) is 3. The van der Waals surface area contributed by atoms with Crippen molar-refractivity contribution in [1.29, 1.82) is 0 Å². The molecule has 1 fully saturated rings. The second kappa shape index (κ2) is 5.31. The Kier molecular flexibility index (Phi) is 3.07. The molecular weight excluding hydrogens is 312 g/mol. The molecule has 0 aromatic carbocycles. The number of allylic oxidation sites excluding steroid dienone is 2. The summed E-state index contributed by atoms with van der Waals surface area (Å²) in [5.41, 5.74) is 1.94. The molecule has 1 aliphatic carbocycles. The van der Waals surface area contributed by atoms with Crippen LogP contribution in [0, 0.1) is 5.92 Å². The summed E-state index contributed by atoms with van der Waals surface area (Å²) in [6.07, 6.45) is 20.3. The van der Waals surface area contributed by atoms with Gasteiger partial charge in [0.05, 0.1) is 18.1 Å². The number of imidazole rings is 1. The molecular formula is C19H20N6. The first-order valence-corrected chi connectivity index (χ1v) is 8.76. The highest BCUT2D eigenvalue weighted by Crippen LogP contribution is 2.58. The Labute approximate surface area is 146 Å². The maximum absolute atomic E-state index is 5.08. The quantitative estimate of drug-likeness (QED) is 0.940. The average Bonchev–Trinajstić information content (AvgIpc) is 3.01. The van der Waals surface area contributed by atoms with Crippen molar-refractivity contribution >= 4 is 12.0 Å². The van der Waals surface area contributed by atoms with Crippen LogP contribution < -0.4 is 5.32 Å². The van der Waals surface area contributed by atoms with Gasteiger partial charge in [-0.1, -0.05) is 18.2 Å². The third kappa shape index (κ3) is 2.21. The van der Waals surface area contributed by atoms with Gasteiger partial charge in [0.25, 0.3) is 0 Å². The lowest BCUT2D eigenvalue weighted by Crippen LogP contribution is -2.23. The van der Waals surface area contributed by atoms with E-state index in [-0.39, 0.29) is 5.54 Å². The normalized spacial score (nSPS) is 27.7. The van der Waals surface area contributed by atoms with E-state index in [9.17, 15) is 0 Å². The lowest BCUT2D eigenvalue weighted by molar-refractivity contribution is 0.618. The number of nitrogens with zero attached hydrogens (tertiary/aromatic N) is 5. The minimum atomic E-state index is -0.220. The zero-order valence-corrected chi connectivity index (χ0v) is 14.1. The smallest absolute Gasteiger partial charge is 0.141 e. The van der Waals surface area contributed by atoms with Gasteiger partial charge in [0.2, 0.25) is 0 Å². The largest absolute Gasteiger partial charge is 0.350 e. The van der Waals surface area contributed by atoms with Crippen LogP contribution in [-0.2, 0) is 12.1 Å². The highest BCUT2D eigenvalue weighted by molar-refractivity contribution is 5.86. The van der Waals surface area contributed by atoms with Gasteiger partial charge in [-0.25, -0.2) is 4.98 Å². The van der Waals surface area contributed by atoms with E-state index < -0.39 is 0 Å². The summed E-state index contributed by atoms with van der Waals surface area (Å²) < 4.78 is 4.11. The maximum atomic E-state index is 5.08. The van der Waals surface area contributed by atoms with E-state index in [4.69, 9.17) is 9.98 Å². The molecule has 2 aromatic heterocycles. The summed E-state index contributed by atoms with van der Waals surface area (Å²) in [5.74, 6) is 2.47. The third-order valence-electron chi connectivity index (χ3n) is 5.13. The van der Waals surface area contributed by atoms with Crippen molar-refractivity contribution in [1.82, 2.24) is 24.6 Å². The molecule has 0 bridgehead atoms. The van der Waals surface area contributed by atoms with Gasteiger partial charge in [-0.2, -0.15) is 5.10 Å². The van der Waals surface area contributed by atoms with Crippen molar-refractivity contribution in [3.8, 4) is 11.3 Å². The molecule has 6 nitrogen and oxygen atoms in total. The summed E-state index contributed by atoms with van der Waals surface area (Å²) in [4.78, 5) is 9.83. The minimum absolute atomic E-state index is 0.220. The Morgan fingerprint density at radius 3 is 3.20 bits per heavy atom. The van der Waals surface area contributed by atoms with Crippen LogP contribution >= 0.6 is 0 Å². The zero-order valence-electron chi connectivity index (χ0n) is 14.1. The molecule has 0 amide bonds. The van der Waals surface area contributed by atoms with Gasteiger partial charge in [0, 0.05) is 43.0 Å². The lowest BCUT2D eigenvalue weighted by atomic mass is 10.1. The molecule has 3 aliphatic rings. The lowest BCUT2D eigenvalue weighted by Gasteiger charge is -2.18. The Morgan fingerprint density at radius 1 is 1.36 bits per heavy atom. The molecule has 2 aromatic rings. The Hall–Kier alpha value is -2.89. The maximum Gasteiger partial charge on any atom is 0.141 e.